The molecule has 0 unspecified atom stereocenters. The molecule has 0 fully saturated rings. The second-order valence-electron chi connectivity index (χ2n) is 6.10. The van der Waals surface area contributed by atoms with Crippen LogP contribution in [0.2, 0.25) is 5.02 Å². The van der Waals surface area contributed by atoms with Gasteiger partial charge < -0.3 is 9.72 Å². The van der Waals surface area contributed by atoms with Crippen molar-refractivity contribution in [1.82, 2.24) is 9.55 Å². The molecule has 2 heterocycles. The summed E-state index contributed by atoms with van der Waals surface area (Å²) in [6, 6.07) is 16.0. The summed E-state index contributed by atoms with van der Waals surface area (Å²) in [5.41, 5.74) is 1.78. The number of nitriles is 1. The lowest BCUT2D eigenvalue weighted by molar-refractivity contribution is 0.156. The average Bonchev–Trinajstić information content (AvgIpc) is 3.01. The van der Waals surface area contributed by atoms with Gasteiger partial charge in [0.05, 0.1) is 23.2 Å². The molecule has 0 aliphatic heterocycles. The first-order chi connectivity index (χ1) is 13.6. The predicted molar refractivity (Wildman–Crippen MR) is 108 cm³/mol. The number of aromatic amines is 1. The van der Waals surface area contributed by atoms with Crippen LogP contribution < -0.4 is 5.56 Å². The molecule has 0 spiro atoms. The molecule has 0 bridgehead atoms. The molecule has 1 N–H and O–H groups in total. The Morgan fingerprint density at radius 1 is 1.25 bits per heavy atom. The van der Waals surface area contributed by atoms with Gasteiger partial charge in [-0.3, -0.25) is 4.79 Å². The molecule has 0 aliphatic rings. The summed E-state index contributed by atoms with van der Waals surface area (Å²) >= 11 is 6.15. The molecule has 0 atom stereocenters. The zero-order valence-electron chi connectivity index (χ0n) is 14.8. The van der Waals surface area contributed by atoms with E-state index in [2.05, 4.69) is 4.98 Å². The van der Waals surface area contributed by atoms with Crippen LogP contribution in [0, 0.1) is 11.3 Å². The molecule has 0 radical (unpaired) electrons. The second kappa shape index (κ2) is 6.87. The monoisotopic (exact) mass is 391 g/mol. The van der Waals surface area contributed by atoms with Gasteiger partial charge >= 0.3 is 6.09 Å². The van der Waals surface area contributed by atoms with E-state index in [0.29, 0.717) is 38.1 Å². The van der Waals surface area contributed by atoms with Crippen LogP contribution in [0.25, 0.3) is 33.1 Å². The third-order valence-electron chi connectivity index (χ3n) is 4.51. The molecule has 6 nitrogen and oxygen atoms in total. The standard InChI is InChI=1S/C21H14ClN3O3/c1-2-28-21(27)25-16-9-8-13(22)10-14(16)18-19(25)17(12-6-4-3-5-7-12)15(11-23)20(26)24-18/h3-10H,2H2,1H3,(H,24,26). The van der Waals surface area contributed by atoms with Gasteiger partial charge in [0, 0.05) is 16.0 Å². The van der Waals surface area contributed by atoms with Crippen LogP contribution >= 0.6 is 11.6 Å². The zero-order chi connectivity index (χ0) is 19.8. The van der Waals surface area contributed by atoms with Crippen molar-refractivity contribution < 1.29 is 9.53 Å². The fourth-order valence-corrected chi connectivity index (χ4v) is 3.58. The molecule has 28 heavy (non-hydrogen) atoms. The second-order valence-corrected chi connectivity index (χ2v) is 6.54. The minimum absolute atomic E-state index is 0.0712. The van der Waals surface area contributed by atoms with Gasteiger partial charge in [-0.25, -0.2) is 9.36 Å². The van der Waals surface area contributed by atoms with E-state index >= 15 is 0 Å². The van der Waals surface area contributed by atoms with Crippen molar-refractivity contribution in [1.29, 1.82) is 5.26 Å². The Morgan fingerprint density at radius 3 is 2.68 bits per heavy atom. The molecule has 2 aromatic heterocycles. The Labute approximate surface area is 164 Å². The number of nitrogens with one attached hydrogen (secondary N) is 1. The third-order valence-corrected chi connectivity index (χ3v) is 4.74. The van der Waals surface area contributed by atoms with E-state index in [0.717, 1.165) is 0 Å². The van der Waals surface area contributed by atoms with Gasteiger partial charge in [0.1, 0.15) is 11.6 Å². The van der Waals surface area contributed by atoms with Crippen molar-refractivity contribution in [3.05, 3.63) is 69.5 Å². The van der Waals surface area contributed by atoms with Crippen molar-refractivity contribution in [3.63, 3.8) is 0 Å². The van der Waals surface area contributed by atoms with Crippen molar-refractivity contribution in [3.8, 4) is 17.2 Å². The van der Waals surface area contributed by atoms with Crippen molar-refractivity contribution in [2.24, 2.45) is 0 Å². The smallest absolute Gasteiger partial charge is 0.419 e. The number of halogens is 1. The summed E-state index contributed by atoms with van der Waals surface area (Å²) in [6.07, 6.45) is -0.599. The van der Waals surface area contributed by atoms with E-state index in [1.807, 2.05) is 12.1 Å². The summed E-state index contributed by atoms with van der Waals surface area (Å²) < 4.78 is 6.62. The molecule has 4 aromatic rings. The van der Waals surface area contributed by atoms with E-state index in [-0.39, 0.29) is 12.2 Å². The Bertz CT molecular complexity index is 1330. The molecular weight excluding hydrogens is 378 g/mol. The van der Waals surface area contributed by atoms with Crippen LogP contribution in [0.3, 0.4) is 0 Å². The highest BCUT2D eigenvalue weighted by Crippen LogP contribution is 2.36. The number of carbonyl (C=O) groups excluding carboxylic acids is 1. The van der Waals surface area contributed by atoms with Gasteiger partial charge in [-0.15, -0.1) is 0 Å². The number of nitrogens with zero attached hydrogens (tertiary/aromatic N) is 2. The van der Waals surface area contributed by atoms with Crippen LogP contribution in [0.15, 0.2) is 53.3 Å². The van der Waals surface area contributed by atoms with Gasteiger partial charge in [0.25, 0.3) is 5.56 Å². The van der Waals surface area contributed by atoms with Gasteiger partial charge in [0.2, 0.25) is 0 Å². The maximum atomic E-state index is 12.8. The van der Waals surface area contributed by atoms with Gasteiger partial charge in [0.15, 0.2) is 0 Å². The Morgan fingerprint density at radius 2 is 2.00 bits per heavy atom. The molecule has 4 rings (SSSR count). The fraction of sp³-hybridized carbons (Fsp3) is 0.0952. The number of benzene rings is 2. The molecule has 0 amide bonds. The van der Waals surface area contributed by atoms with Crippen LogP contribution in [-0.2, 0) is 4.74 Å². The Kier molecular flexibility index (Phi) is 4.38. The largest absolute Gasteiger partial charge is 0.449 e. The molecule has 138 valence electrons. The van der Waals surface area contributed by atoms with Crippen LogP contribution in [0.4, 0.5) is 4.79 Å². The highest BCUT2D eigenvalue weighted by molar-refractivity contribution is 6.32. The minimum Gasteiger partial charge on any atom is -0.449 e. The van der Waals surface area contributed by atoms with Gasteiger partial charge in [-0.2, -0.15) is 5.26 Å². The topological polar surface area (TPSA) is 87.9 Å². The number of aromatic nitrogens is 2. The van der Waals surface area contributed by atoms with E-state index in [9.17, 15) is 14.9 Å². The SMILES string of the molecule is CCOC(=O)n1c2ccc(Cl)cc2c2[nH]c(=O)c(C#N)c(-c3ccccc3)c21. The maximum absolute atomic E-state index is 12.8. The van der Waals surface area contributed by atoms with Gasteiger partial charge in [-0.1, -0.05) is 41.9 Å². The molecule has 0 aliphatic carbocycles. The lowest BCUT2D eigenvalue weighted by Crippen LogP contribution is -2.17. The fourth-order valence-electron chi connectivity index (χ4n) is 3.40. The summed E-state index contributed by atoms with van der Waals surface area (Å²) in [7, 11) is 0. The minimum atomic E-state index is -0.599. The highest BCUT2D eigenvalue weighted by atomic mass is 35.5. The maximum Gasteiger partial charge on any atom is 0.419 e. The third kappa shape index (κ3) is 2.65. The number of H-pyrrole nitrogens is 1. The Balaban J connectivity index is 2.30. The van der Waals surface area contributed by atoms with Gasteiger partial charge in [-0.05, 0) is 30.7 Å². The molecule has 0 saturated heterocycles. The molecule has 2 aromatic carbocycles. The van der Waals surface area contributed by atoms with Crippen molar-refractivity contribution >= 4 is 39.6 Å². The normalized spacial score (nSPS) is 10.9. The first-order valence-corrected chi connectivity index (χ1v) is 8.97. The number of ether oxygens (including phenoxy) is 1. The predicted octanol–water partition coefficient (Wildman–Crippen LogP) is 4.68. The summed E-state index contributed by atoms with van der Waals surface area (Å²) in [5, 5.41) is 10.7. The number of rotatable bonds is 2. The number of hydrogen-bond donors (Lipinski definition) is 1. The average molecular weight is 392 g/mol. The van der Waals surface area contributed by atoms with E-state index < -0.39 is 11.7 Å². The molecular formula is C21H14ClN3O3. The van der Waals surface area contributed by atoms with Crippen LogP contribution in [0.1, 0.15) is 12.5 Å². The van der Waals surface area contributed by atoms with Crippen molar-refractivity contribution in [2.45, 2.75) is 6.92 Å². The summed E-state index contributed by atoms with van der Waals surface area (Å²) in [6.45, 7) is 1.89. The summed E-state index contributed by atoms with van der Waals surface area (Å²) in [5.74, 6) is 0. The number of pyridine rings is 1. The van der Waals surface area contributed by atoms with E-state index in [1.54, 1.807) is 49.4 Å². The quantitative estimate of drug-likeness (QED) is 0.537. The number of carbonyl (C=O) groups is 1. The Hall–Kier alpha value is -3.56. The van der Waals surface area contributed by atoms with Crippen LogP contribution in [0.5, 0.6) is 0 Å². The lowest BCUT2D eigenvalue weighted by Gasteiger charge is -2.11. The van der Waals surface area contributed by atoms with E-state index in [1.165, 1.54) is 4.57 Å². The lowest BCUT2D eigenvalue weighted by atomic mass is 10.00. The van der Waals surface area contributed by atoms with Crippen molar-refractivity contribution in [2.75, 3.05) is 6.61 Å². The number of fused-ring (bicyclic) bond motifs is 3. The highest BCUT2D eigenvalue weighted by Gasteiger charge is 2.24. The first kappa shape index (κ1) is 17.8. The first-order valence-electron chi connectivity index (χ1n) is 8.59. The molecule has 0 saturated carbocycles. The number of hydrogen-bond acceptors (Lipinski definition) is 4. The molecule has 7 heteroatoms. The van der Waals surface area contributed by atoms with E-state index in [4.69, 9.17) is 16.3 Å². The van der Waals surface area contributed by atoms with Crippen LogP contribution in [-0.4, -0.2) is 22.3 Å². The zero-order valence-corrected chi connectivity index (χ0v) is 15.6. The summed E-state index contributed by atoms with van der Waals surface area (Å²) in [4.78, 5) is 28.2.